The quantitative estimate of drug-likeness (QED) is 0.637. The van der Waals surface area contributed by atoms with Crippen molar-refractivity contribution >= 4 is 11.9 Å². The van der Waals surface area contributed by atoms with Gasteiger partial charge in [0.1, 0.15) is 17.3 Å². The van der Waals surface area contributed by atoms with Crippen molar-refractivity contribution in [1.82, 2.24) is 9.97 Å². The minimum atomic E-state index is -0.299. The van der Waals surface area contributed by atoms with Crippen LogP contribution in [-0.2, 0) is 0 Å². The van der Waals surface area contributed by atoms with E-state index in [2.05, 4.69) is 9.97 Å². The number of aromatic hydroxyl groups is 1. The van der Waals surface area contributed by atoms with Gasteiger partial charge in [-0.2, -0.15) is 0 Å². The van der Waals surface area contributed by atoms with Crippen LogP contribution in [-0.4, -0.2) is 28.0 Å². The summed E-state index contributed by atoms with van der Waals surface area (Å²) < 4.78 is 4.94. The molecule has 0 radical (unpaired) electrons. The van der Waals surface area contributed by atoms with Crippen molar-refractivity contribution < 1.29 is 14.6 Å². The van der Waals surface area contributed by atoms with Crippen LogP contribution in [0.15, 0.2) is 36.7 Å². The monoisotopic (exact) mass is 244 g/mol. The van der Waals surface area contributed by atoms with E-state index >= 15 is 0 Å². The Kier molecular flexibility index (Phi) is 3.43. The van der Waals surface area contributed by atoms with E-state index in [1.165, 1.54) is 25.3 Å². The van der Waals surface area contributed by atoms with Crippen LogP contribution in [0.4, 0.5) is 0 Å². The molecule has 0 amide bonds. The predicted molar refractivity (Wildman–Crippen MR) is 66.6 cm³/mol. The van der Waals surface area contributed by atoms with Gasteiger partial charge in [-0.3, -0.25) is 4.79 Å². The lowest BCUT2D eigenvalue weighted by molar-refractivity contribution is 0.104. The molecule has 5 nitrogen and oxygen atoms in total. The maximum atomic E-state index is 11.8. The molecule has 0 atom stereocenters. The van der Waals surface area contributed by atoms with Gasteiger partial charge in [0.15, 0.2) is 5.78 Å². The summed E-state index contributed by atoms with van der Waals surface area (Å²) in [5.41, 5.74) is 0.221. The summed E-state index contributed by atoms with van der Waals surface area (Å²) in [5.74, 6) is 0.672. The number of ether oxygens (including phenoxy) is 1. The van der Waals surface area contributed by atoms with Gasteiger partial charge in [0, 0.05) is 18.5 Å². The van der Waals surface area contributed by atoms with E-state index in [-0.39, 0.29) is 17.1 Å². The molecule has 0 fully saturated rings. The van der Waals surface area contributed by atoms with Crippen molar-refractivity contribution in [3.63, 3.8) is 0 Å². The Morgan fingerprint density at radius 1 is 1.50 bits per heavy atom. The van der Waals surface area contributed by atoms with Crippen LogP contribution in [0.1, 0.15) is 16.2 Å². The standard InChI is InChI=1S/C13H12N2O3/c1-18-9-2-3-10(12(17)8-9)11(16)4-5-13-14-6-7-15-13/h2-8,17H,1H3,(H,14,15)/b5-4+. The maximum absolute atomic E-state index is 11.8. The van der Waals surface area contributed by atoms with Crippen LogP contribution >= 0.6 is 0 Å². The molecular formula is C13H12N2O3. The van der Waals surface area contributed by atoms with Gasteiger partial charge in [-0.1, -0.05) is 0 Å². The lowest BCUT2D eigenvalue weighted by atomic mass is 10.1. The zero-order chi connectivity index (χ0) is 13.0. The molecule has 0 saturated heterocycles. The SMILES string of the molecule is COc1ccc(C(=O)/C=C/c2ncc[nH]2)c(O)c1. The van der Waals surface area contributed by atoms with Crippen molar-refractivity contribution in [3.8, 4) is 11.5 Å². The number of methoxy groups -OCH3 is 1. The molecule has 18 heavy (non-hydrogen) atoms. The fourth-order valence-electron chi connectivity index (χ4n) is 1.46. The molecule has 0 unspecified atom stereocenters. The molecule has 0 aliphatic carbocycles. The molecule has 0 spiro atoms. The molecule has 0 aliphatic rings. The van der Waals surface area contributed by atoms with E-state index in [4.69, 9.17) is 4.74 Å². The smallest absolute Gasteiger partial charge is 0.189 e. The highest BCUT2D eigenvalue weighted by Crippen LogP contribution is 2.24. The number of nitrogens with one attached hydrogen (secondary N) is 1. The molecule has 1 aromatic carbocycles. The van der Waals surface area contributed by atoms with Crippen molar-refractivity contribution in [2.45, 2.75) is 0 Å². The first-order valence-corrected chi connectivity index (χ1v) is 5.29. The second kappa shape index (κ2) is 5.18. The predicted octanol–water partition coefficient (Wildman–Crippen LogP) is 2.02. The van der Waals surface area contributed by atoms with Gasteiger partial charge < -0.3 is 14.8 Å². The Balaban J connectivity index is 2.19. The third kappa shape index (κ3) is 2.57. The van der Waals surface area contributed by atoms with E-state index in [9.17, 15) is 9.90 Å². The Morgan fingerprint density at radius 2 is 2.33 bits per heavy atom. The third-order valence-electron chi connectivity index (χ3n) is 2.38. The maximum Gasteiger partial charge on any atom is 0.189 e. The first-order valence-electron chi connectivity index (χ1n) is 5.29. The van der Waals surface area contributed by atoms with Gasteiger partial charge in [0.2, 0.25) is 0 Å². The number of phenols is 1. The second-order valence-corrected chi connectivity index (χ2v) is 3.56. The summed E-state index contributed by atoms with van der Waals surface area (Å²) in [5, 5.41) is 9.69. The van der Waals surface area contributed by atoms with Crippen LogP contribution in [0, 0.1) is 0 Å². The lowest BCUT2D eigenvalue weighted by Crippen LogP contribution is -1.95. The Morgan fingerprint density at radius 3 is 2.94 bits per heavy atom. The first kappa shape index (κ1) is 11.9. The van der Waals surface area contributed by atoms with E-state index in [1.807, 2.05) is 0 Å². The third-order valence-corrected chi connectivity index (χ3v) is 2.38. The minimum Gasteiger partial charge on any atom is -0.507 e. The highest BCUT2D eigenvalue weighted by Gasteiger charge is 2.09. The van der Waals surface area contributed by atoms with Gasteiger partial charge in [-0.25, -0.2) is 4.98 Å². The number of aromatic nitrogens is 2. The number of hydrogen-bond donors (Lipinski definition) is 2. The molecule has 1 aromatic heterocycles. The summed E-state index contributed by atoms with van der Waals surface area (Å²) in [6.45, 7) is 0. The fourth-order valence-corrected chi connectivity index (χ4v) is 1.46. The number of allylic oxidation sites excluding steroid dienone is 1. The van der Waals surface area contributed by atoms with Crippen LogP contribution in [0.2, 0.25) is 0 Å². The average Bonchev–Trinajstić information content (AvgIpc) is 2.88. The van der Waals surface area contributed by atoms with Gasteiger partial charge in [-0.15, -0.1) is 0 Å². The van der Waals surface area contributed by atoms with Crippen LogP contribution in [0.25, 0.3) is 6.08 Å². The van der Waals surface area contributed by atoms with Crippen molar-refractivity contribution in [3.05, 3.63) is 48.1 Å². The molecular weight excluding hydrogens is 232 g/mol. The molecule has 2 rings (SSSR count). The normalized spacial score (nSPS) is 10.7. The average molecular weight is 244 g/mol. The number of phenolic OH excluding ortho intramolecular Hbond substituents is 1. The van der Waals surface area contributed by atoms with Crippen LogP contribution in [0.5, 0.6) is 11.5 Å². The number of imidazole rings is 1. The van der Waals surface area contributed by atoms with Crippen LogP contribution in [0.3, 0.4) is 0 Å². The van der Waals surface area contributed by atoms with E-state index in [1.54, 1.807) is 24.5 Å². The number of rotatable bonds is 4. The Bertz CT molecular complexity index is 574. The van der Waals surface area contributed by atoms with Crippen molar-refractivity contribution in [2.24, 2.45) is 0 Å². The van der Waals surface area contributed by atoms with Crippen molar-refractivity contribution in [1.29, 1.82) is 0 Å². The van der Waals surface area contributed by atoms with E-state index < -0.39 is 0 Å². The number of aromatic amines is 1. The summed E-state index contributed by atoms with van der Waals surface area (Å²) in [6.07, 6.45) is 6.15. The van der Waals surface area contributed by atoms with Gasteiger partial charge in [0.05, 0.1) is 12.7 Å². The summed E-state index contributed by atoms with van der Waals surface area (Å²) >= 11 is 0. The van der Waals surface area contributed by atoms with Gasteiger partial charge in [0.25, 0.3) is 0 Å². The Labute approximate surface area is 104 Å². The van der Waals surface area contributed by atoms with E-state index in [0.717, 1.165) is 0 Å². The number of carbonyl (C=O) groups excluding carboxylic acids is 1. The van der Waals surface area contributed by atoms with Gasteiger partial charge in [-0.05, 0) is 24.3 Å². The number of H-pyrrole nitrogens is 1. The number of benzene rings is 1. The zero-order valence-electron chi connectivity index (χ0n) is 9.75. The largest absolute Gasteiger partial charge is 0.507 e. The van der Waals surface area contributed by atoms with E-state index in [0.29, 0.717) is 11.6 Å². The highest BCUT2D eigenvalue weighted by atomic mass is 16.5. The second-order valence-electron chi connectivity index (χ2n) is 3.56. The van der Waals surface area contributed by atoms with Crippen LogP contribution < -0.4 is 4.74 Å². The zero-order valence-corrected chi connectivity index (χ0v) is 9.75. The number of hydrogen-bond acceptors (Lipinski definition) is 4. The lowest BCUT2D eigenvalue weighted by Gasteiger charge is -2.03. The number of ketones is 1. The summed E-state index contributed by atoms with van der Waals surface area (Å²) in [6, 6.07) is 4.53. The molecule has 5 heteroatoms. The topological polar surface area (TPSA) is 75.2 Å². The fraction of sp³-hybridized carbons (Fsp3) is 0.0769. The molecule has 0 bridgehead atoms. The number of carbonyl (C=O) groups is 1. The minimum absolute atomic E-state index is 0.108. The molecule has 0 saturated carbocycles. The Hall–Kier alpha value is -2.56. The van der Waals surface area contributed by atoms with Gasteiger partial charge >= 0.3 is 0 Å². The van der Waals surface area contributed by atoms with Crippen molar-refractivity contribution in [2.75, 3.05) is 7.11 Å². The molecule has 92 valence electrons. The molecule has 2 aromatic rings. The molecule has 1 heterocycles. The summed E-state index contributed by atoms with van der Waals surface area (Å²) in [7, 11) is 1.49. The highest BCUT2D eigenvalue weighted by molar-refractivity contribution is 6.08. The molecule has 2 N–H and O–H groups in total. The summed E-state index contributed by atoms with van der Waals surface area (Å²) in [4.78, 5) is 18.6. The number of nitrogens with zero attached hydrogens (tertiary/aromatic N) is 1. The molecule has 0 aliphatic heterocycles. The first-order chi connectivity index (χ1) is 8.70.